The molecule has 0 aliphatic heterocycles. The summed E-state index contributed by atoms with van der Waals surface area (Å²) in [6.07, 6.45) is -4.79. The number of halogens is 3. The summed E-state index contributed by atoms with van der Waals surface area (Å²) in [6.45, 7) is 6.60. The van der Waals surface area contributed by atoms with Crippen LogP contribution in [0.5, 0.6) is 0 Å². The number of aliphatic imine (C=N–C) groups is 1. The van der Waals surface area contributed by atoms with E-state index < -0.39 is 22.7 Å². The maximum atomic E-state index is 13.0. The van der Waals surface area contributed by atoms with Crippen molar-refractivity contribution < 1.29 is 22.7 Å². The van der Waals surface area contributed by atoms with Crippen LogP contribution >= 0.6 is 11.3 Å². The summed E-state index contributed by atoms with van der Waals surface area (Å²) in [5.41, 5.74) is 0.461. The van der Waals surface area contributed by atoms with Gasteiger partial charge >= 0.3 is 12.1 Å². The lowest BCUT2D eigenvalue weighted by Gasteiger charge is -2.04. The van der Waals surface area contributed by atoms with Gasteiger partial charge in [0, 0.05) is 0 Å². The number of hydrogen-bond acceptors (Lipinski definition) is 7. The van der Waals surface area contributed by atoms with Gasteiger partial charge in [0.05, 0.1) is 18.0 Å². The van der Waals surface area contributed by atoms with Gasteiger partial charge in [-0.05, 0) is 44.3 Å². The number of alkyl halides is 3. The SMILES string of the molecule is C=Nc1ccc(/N=N/c2nc(C(F)(F)F)c(C(=O)OCC)s2)c(C)c1. The van der Waals surface area contributed by atoms with Crippen LogP contribution in [-0.4, -0.2) is 24.3 Å². The van der Waals surface area contributed by atoms with Crippen LogP contribution in [0.1, 0.15) is 27.9 Å². The van der Waals surface area contributed by atoms with Crippen LogP contribution in [0.15, 0.2) is 33.4 Å². The second-order valence-electron chi connectivity index (χ2n) is 4.72. The fourth-order valence-electron chi connectivity index (χ4n) is 1.83. The zero-order valence-corrected chi connectivity index (χ0v) is 14.1. The minimum absolute atomic E-state index is 0.0479. The number of hydrogen-bond donors (Lipinski definition) is 0. The van der Waals surface area contributed by atoms with Crippen LogP contribution in [-0.2, 0) is 10.9 Å². The van der Waals surface area contributed by atoms with Gasteiger partial charge in [0.15, 0.2) is 5.69 Å². The number of carbonyl (C=O) groups is 1. The number of benzene rings is 1. The molecule has 0 amide bonds. The fourth-order valence-corrected chi connectivity index (χ4v) is 2.63. The van der Waals surface area contributed by atoms with Gasteiger partial charge in [0.2, 0.25) is 5.13 Å². The van der Waals surface area contributed by atoms with Crippen LogP contribution in [0.3, 0.4) is 0 Å². The Hall–Kier alpha value is -2.62. The molecule has 0 aliphatic rings. The minimum atomic E-state index is -4.79. The lowest BCUT2D eigenvalue weighted by molar-refractivity contribution is -0.141. The van der Waals surface area contributed by atoms with E-state index in [1.807, 2.05) is 0 Å². The monoisotopic (exact) mass is 370 g/mol. The molecule has 0 aliphatic carbocycles. The summed E-state index contributed by atoms with van der Waals surface area (Å²) in [7, 11) is 0. The smallest absolute Gasteiger partial charge is 0.435 e. The van der Waals surface area contributed by atoms with Gasteiger partial charge in [0.25, 0.3) is 0 Å². The molecular weight excluding hydrogens is 357 g/mol. The van der Waals surface area contributed by atoms with Gasteiger partial charge < -0.3 is 4.74 Å². The fraction of sp³-hybridized carbons (Fsp3) is 0.267. The van der Waals surface area contributed by atoms with E-state index in [9.17, 15) is 18.0 Å². The molecule has 2 aromatic rings. The van der Waals surface area contributed by atoms with E-state index in [1.165, 1.54) is 6.92 Å². The number of nitrogens with zero attached hydrogens (tertiary/aromatic N) is 4. The Morgan fingerprint density at radius 3 is 2.64 bits per heavy atom. The molecule has 0 atom stereocenters. The molecule has 0 unspecified atom stereocenters. The molecule has 0 saturated carbocycles. The van der Waals surface area contributed by atoms with Crippen molar-refractivity contribution in [2.75, 3.05) is 6.61 Å². The molecule has 0 saturated heterocycles. The Balaban J connectivity index is 2.37. The highest BCUT2D eigenvalue weighted by atomic mass is 32.1. The largest absolute Gasteiger partial charge is 0.462 e. The molecule has 6 nitrogen and oxygen atoms in total. The van der Waals surface area contributed by atoms with Gasteiger partial charge in [-0.15, -0.1) is 10.2 Å². The third-order valence-electron chi connectivity index (χ3n) is 2.95. The molecule has 1 heterocycles. The molecule has 0 fully saturated rings. The van der Waals surface area contributed by atoms with E-state index in [0.29, 0.717) is 28.3 Å². The number of carbonyl (C=O) groups excluding carboxylic acids is 1. The molecule has 25 heavy (non-hydrogen) atoms. The van der Waals surface area contributed by atoms with Crippen molar-refractivity contribution in [1.29, 1.82) is 0 Å². The highest BCUT2D eigenvalue weighted by Crippen LogP contribution is 2.38. The maximum Gasteiger partial charge on any atom is 0.435 e. The van der Waals surface area contributed by atoms with Crippen molar-refractivity contribution in [3.05, 3.63) is 34.3 Å². The molecule has 1 aromatic carbocycles. The standard InChI is InChI=1S/C15H13F3N4O2S/c1-4-24-13(23)11-12(15(16,17)18)20-14(25-11)22-21-10-6-5-9(19-3)7-8(10)2/h5-7H,3-4H2,1-2H3/b22-21+. The van der Waals surface area contributed by atoms with E-state index in [2.05, 4.69) is 31.7 Å². The number of aryl methyl sites for hydroxylation is 1. The Morgan fingerprint density at radius 2 is 2.08 bits per heavy atom. The van der Waals surface area contributed by atoms with E-state index in [0.717, 1.165) is 0 Å². The summed E-state index contributed by atoms with van der Waals surface area (Å²) < 4.78 is 43.7. The zero-order chi connectivity index (χ0) is 18.6. The van der Waals surface area contributed by atoms with E-state index in [-0.39, 0.29) is 11.7 Å². The maximum absolute atomic E-state index is 13.0. The van der Waals surface area contributed by atoms with Gasteiger partial charge in [-0.25, -0.2) is 9.78 Å². The van der Waals surface area contributed by atoms with Gasteiger partial charge in [-0.3, -0.25) is 4.99 Å². The lowest BCUT2D eigenvalue weighted by Crippen LogP contribution is -2.13. The molecule has 0 N–H and O–H groups in total. The first-order chi connectivity index (χ1) is 11.8. The molecule has 132 valence electrons. The lowest BCUT2D eigenvalue weighted by atomic mass is 10.2. The Morgan fingerprint density at radius 1 is 1.36 bits per heavy atom. The first-order valence-corrected chi connectivity index (χ1v) is 7.82. The highest BCUT2D eigenvalue weighted by molar-refractivity contribution is 7.17. The number of azo groups is 1. The van der Waals surface area contributed by atoms with Crippen molar-refractivity contribution in [3.63, 3.8) is 0 Å². The van der Waals surface area contributed by atoms with Crippen LogP contribution in [0.25, 0.3) is 0 Å². The minimum Gasteiger partial charge on any atom is -0.462 e. The second-order valence-corrected chi connectivity index (χ2v) is 5.70. The first kappa shape index (κ1) is 18.7. The number of rotatable bonds is 5. The van der Waals surface area contributed by atoms with Crippen molar-refractivity contribution in [3.8, 4) is 0 Å². The Kier molecular flexibility index (Phi) is 5.62. The molecule has 1 aromatic heterocycles. The van der Waals surface area contributed by atoms with Crippen molar-refractivity contribution in [1.82, 2.24) is 4.98 Å². The number of ether oxygens (including phenoxy) is 1. The van der Waals surface area contributed by atoms with E-state index >= 15 is 0 Å². The first-order valence-electron chi connectivity index (χ1n) is 7.00. The van der Waals surface area contributed by atoms with Gasteiger partial charge in [-0.2, -0.15) is 13.2 Å². The Labute approximate surface area is 145 Å². The molecule has 0 bridgehead atoms. The molecular formula is C15H13F3N4O2S. The van der Waals surface area contributed by atoms with Gasteiger partial charge in [-0.1, -0.05) is 11.3 Å². The number of esters is 1. The normalized spacial score (nSPS) is 11.7. The van der Waals surface area contributed by atoms with Gasteiger partial charge in [0.1, 0.15) is 4.88 Å². The molecule has 0 radical (unpaired) electrons. The summed E-state index contributed by atoms with van der Waals surface area (Å²) in [5.74, 6) is -1.09. The summed E-state index contributed by atoms with van der Waals surface area (Å²) >= 11 is 0.473. The van der Waals surface area contributed by atoms with Crippen LogP contribution in [0.2, 0.25) is 0 Å². The zero-order valence-electron chi connectivity index (χ0n) is 13.3. The van der Waals surface area contributed by atoms with E-state index in [4.69, 9.17) is 0 Å². The predicted octanol–water partition coefficient (Wildman–Crippen LogP) is 5.39. The molecule has 2 rings (SSSR count). The third kappa shape index (κ3) is 4.47. The average molecular weight is 370 g/mol. The summed E-state index contributed by atoms with van der Waals surface area (Å²) in [6, 6.07) is 4.95. The van der Waals surface area contributed by atoms with Crippen LogP contribution < -0.4 is 0 Å². The van der Waals surface area contributed by atoms with E-state index in [1.54, 1.807) is 25.1 Å². The molecule has 10 heteroatoms. The average Bonchev–Trinajstić information content (AvgIpc) is 2.98. The Bertz CT molecular complexity index is 831. The van der Waals surface area contributed by atoms with Crippen LogP contribution in [0.4, 0.5) is 29.7 Å². The van der Waals surface area contributed by atoms with Crippen molar-refractivity contribution in [2.24, 2.45) is 15.2 Å². The second kappa shape index (κ2) is 7.51. The summed E-state index contributed by atoms with van der Waals surface area (Å²) in [5, 5.41) is 7.30. The predicted molar refractivity (Wildman–Crippen MR) is 87.6 cm³/mol. The topological polar surface area (TPSA) is 76.3 Å². The van der Waals surface area contributed by atoms with Crippen molar-refractivity contribution in [2.45, 2.75) is 20.0 Å². The van der Waals surface area contributed by atoms with Crippen LogP contribution in [0, 0.1) is 6.92 Å². The number of aromatic nitrogens is 1. The highest BCUT2D eigenvalue weighted by Gasteiger charge is 2.40. The quantitative estimate of drug-likeness (QED) is 0.402. The third-order valence-corrected chi connectivity index (χ3v) is 3.87. The number of thiazole rings is 1. The summed E-state index contributed by atoms with van der Waals surface area (Å²) in [4.78, 5) is 18.2. The van der Waals surface area contributed by atoms with Crippen molar-refractivity contribution >= 4 is 40.5 Å². The molecule has 0 spiro atoms.